The van der Waals surface area contributed by atoms with Gasteiger partial charge in [0, 0.05) is 22.2 Å². The largest absolute Gasteiger partial charge is 0.457 e. The highest BCUT2D eigenvalue weighted by molar-refractivity contribution is 6.31. The molecule has 21 heavy (non-hydrogen) atoms. The molecule has 0 atom stereocenters. The number of halogens is 2. The molecule has 0 unspecified atom stereocenters. The van der Waals surface area contributed by atoms with E-state index in [0.29, 0.717) is 5.02 Å². The van der Waals surface area contributed by atoms with Crippen molar-refractivity contribution in [1.29, 1.82) is 0 Å². The number of benzene rings is 2. The summed E-state index contributed by atoms with van der Waals surface area (Å²) >= 11 is 12.4. The van der Waals surface area contributed by atoms with E-state index in [4.69, 9.17) is 27.9 Å². The van der Waals surface area contributed by atoms with Crippen molar-refractivity contribution >= 4 is 23.2 Å². The third-order valence-electron chi connectivity index (χ3n) is 3.60. The third-order valence-corrected chi connectivity index (χ3v) is 4.42. The fourth-order valence-electron chi connectivity index (χ4n) is 2.14. The second kappa shape index (κ2) is 6.69. The van der Waals surface area contributed by atoms with Crippen LogP contribution in [0.1, 0.15) is 22.3 Å². The summed E-state index contributed by atoms with van der Waals surface area (Å²) in [6, 6.07) is 7.66. The third kappa shape index (κ3) is 3.52. The second-order valence-corrected chi connectivity index (χ2v) is 5.95. The Bertz CT molecular complexity index is 668. The summed E-state index contributed by atoms with van der Waals surface area (Å²) in [6.07, 6.45) is 0. The van der Waals surface area contributed by atoms with Crippen LogP contribution in [-0.4, -0.2) is 7.05 Å². The van der Waals surface area contributed by atoms with E-state index in [1.165, 1.54) is 0 Å². The quantitative estimate of drug-likeness (QED) is 0.809. The Kier molecular flexibility index (Phi) is 5.15. The Morgan fingerprint density at radius 1 is 0.952 bits per heavy atom. The van der Waals surface area contributed by atoms with E-state index in [9.17, 15) is 0 Å². The molecule has 0 spiro atoms. The van der Waals surface area contributed by atoms with Crippen molar-refractivity contribution in [3.63, 3.8) is 0 Å². The van der Waals surface area contributed by atoms with Crippen LogP contribution in [0.2, 0.25) is 10.0 Å². The van der Waals surface area contributed by atoms with E-state index in [0.717, 1.165) is 45.3 Å². The molecule has 0 amide bonds. The van der Waals surface area contributed by atoms with Crippen LogP contribution in [-0.2, 0) is 6.54 Å². The van der Waals surface area contributed by atoms with Crippen LogP contribution >= 0.6 is 23.2 Å². The average molecular weight is 324 g/mol. The molecule has 112 valence electrons. The second-order valence-electron chi connectivity index (χ2n) is 5.14. The van der Waals surface area contributed by atoms with Gasteiger partial charge in [-0.3, -0.25) is 0 Å². The average Bonchev–Trinajstić information content (AvgIpc) is 2.45. The molecule has 0 aromatic heterocycles. The summed E-state index contributed by atoms with van der Waals surface area (Å²) in [5.41, 5.74) is 4.18. The van der Waals surface area contributed by atoms with Gasteiger partial charge < -0.3 is 10.1 Å². The first-order valence-electron chi connectivity index (χ1n) is 6.81. The van der Waals surface area contributed by atoms with Gasteiger partial charge in [0.05, 0.1) is 0 Å². The van der Waals surface area contributed by atoms with Crippen molar-refractivity contribution in [1.82, 2.24) is 5.32 Å². The minimum absolute atomic E-state index is 0.702. The molecule has 0 bridgehead atoms. The summed E-state index contributed by atoms with van der Waals surface area (Å²) in [6.45, 7) is 6.70. The number of aryl methyl sites for hydroxylation is 1. The number of nitrogens with one attached hydrogen (secondary N) is 1. The van der Waals surface area contributed by atoms with Crippen LogP contribution < -0.4 is 10.1 Å². The highest BCUT2D eigenvalue weighted by Crippen LogP contribution is 2.34. The van der Waals surface area contributed by atoms with Crippen LogP contribution in [0, 0.1) is 20.8 Å². The summed E-state index contributed by atoms with van der Waals surface area (Å²) in [5.74, 6) is 1.57. The molecule has 2 rings (SSSR count). The highest BCUT2D eigenvalue weighted by Gasteiger charge is 2.11. The molecule has 2 aromatic carbocycles. The number of rotatable bonds is 4. The molecule has 4 heteroatoms. The lowest BCUT2D eigenvalue weighted by Crippen LogP contribution is -2.07. The molecule has 0 aliphatic heterocycles. The highest BCUT2D eigenvalue weighted by atomic mass is 35.5. The van der Waals surface area contributed by atoms with Gasteiger partial charge in [-0.2, -0.15) is 0 Å². The van der Waals surface area contributed by atoms with Crippen molar-refractivity contribution in [2.75, 3.05) is 7.05 Å². The van der Waals surface area contributed by atoms with Crippen molar-refractivity contribution in [3.8, 4) is 11.5 Å². The smallest absolute Gasteiger partial charge is 0.133 e. The van der Waals surface area contributed by atoms with E-state index < -0.39 is 0 Å². The lowest BCUT2D eigenvalue weighted by atomic mass is 10.1. The maximum atomic E-state index is 6.23. The Balaban J connectivity index is 2.43. The minimum atomic E-state index is 0.702. The summed E-state index contributed by atoms with van der Waals surface area (Å²) in [4.78, 5) is 0. The minimum Gasteiger partial charge on any atom is -0.457 e. The zero-order valence-corrected chi connectivity index (χ0v) is 14.2. The standard InChI is InChI=1S/C17H19Cl2NO/c1-10-7-13(9-20-4)17(8-15(10)19)21-16-6-5-14(18)11(2)12(16)3/h5-8,20H,9H2,1-4H3. The van der Waals surface area contributed by atoms with Gasteiger partial charge in [-0.25, -0.2) is 0 Å². The zero-order chi connectivity index (χ0) is 15.6. The number of hydrogen-bond acceptors (Lipinski definition) is 2. The van der Waals surface area contributed by atoms with Crippen molar-refractivity contribution in [3.05, 3.63) is 56.6 Å². The van der Waals surface area contributed by atoms with Crippen LogP contribution in [0.3, 0.4) is 0 Å². The Morgan fingerprint density at radius 2 is 1.67 bits per heavy atom. The predicted octanol–water partition coefficient (Wildman–Crippen LogP) is 5.43. The van der Waals surface area contributed by atoms with Gasteiger partial charge >= 0.3 is 0 Å². The zero-order valence-electron chi connectivity index (χ0n) is 12.7. The monoisotopic (exact) mass is 323 g/mol. The van der Waals surface area contributed by atoms with Crippen molar-refractivity contribution in [2.24, 2.45) is 0 Å². The van der Waals surface area contributed by atoms with Crippen LogP contribution in [0.25, 0.3) is 0 Å². The van der Waals surface area contributed by atoms with Gasteiger partial charge in [-0.05, 0) is 68.8 Å². The summed E-state index contributed by atoms with van der Waals surface area (Å²) in [7, 11) is 1.91. The van der Waals surface area contributed by atoms with E-state index in [1.54, 1.807) is 0 Å². The normalized spacial score (nSPS) is 10.8. The van der Waals surface area contributed by atoms with Gasteiger partial charge in [0.1, 0.15) is 11.5 Å². The molecule has 0 saturated carbocycles. The van der Waals surface area contributed by atoms with Crippen LogP contribution in [0.4, 0.5) is 0 Å². The van der Waals surface area contributed by atoms with E-state index >= 15 is 0 Å². The molecule has 0 heterocycles. The molecule has 0 radical (unpaired) electrons. The van der Waals surface area contributed by atoms with E-state index in [-0.39, 0.29) is 0 Å². The molecular formula is C17H19Cl2NO. The molecule has 0 aliphatic carbocycles. The molecule has 0 saturated heterocycles. The molecule has 0 fully saturated rings. The lowest BCUT2D eigenvalue weighted by molar-refractivity contribution is 0.470. The molecule has 1 N–H and O–H groups in total. The SMILES string of the molecule is CNCc1cc(C)c(Cl)cc1Oc1ccc(Cl)c(C)c1C. The van der Waals surface area contributed by atoms with Crippen molar-refractivity contribution < 1.29 is 4.74 Å². The topological polar surface area (TPSA) is 21.3 Å². The van der Waals surface area contributed by atoms with Gasteiger partial charge in [-0.15, -0.1) is 0 Å². The Labute approximate surface area is 136 Å². The Hall–Kier alpha value is -1.22. The number of ether oxygens (including phenoxy) is 1. The first-order valence-corrected chi connectivity index (χ1v) is 7.56. The Morgan fingerprint density at radius 3 is 2.33 bits per heavy atom. The fourth-order valence-corrected chi connectivity index (χ4v) is 2.50. The van der Waals surface area contributed by atoms with E-state index in [2.05, 4.69) is 5.32 Å². The molecule has 2 aromatic rings. The first kappa shape index (κ1) is 16.2. The first-order chi connectivity index (χ1) is 9.93. The van der Waals surface area contributed by atoms with Crippen LogP contribution in [0.15, 0.2) is 24.3 Å². The molecule has 2 nitrogen and oxygen atoms in total. The molecule has 0 aliphatic rings. The maximum absolute atomic E-state index is 6.23. The van der Waals surface area contributed by atoms with E-state index in [1.807, 2.05) is 52.1 Å². The fraction of sp³-hybridized carbons (Fsp3) is 0.294. The molecular weight excluding hydrogens is 305 g/mol. The van der Waals surface area contributed by atoms with Gasteiger partial charge in [0.2, 0.25) is 0 Å². The van der Waals surface area contributed by atoms with Crippen molar-refractivity contribution in [2.45, 2.75) is 27.3 Å². The van der Waals surface area contributed by atoms with Crippen LogP contribution in [0.5, 0.6) is 11.5 Å². The van der Waals surface area contributed by atoms with Gasteiger partial charge in [-0.1, -0.05) is 23.2 Å². The predicted molar refractivity (Wildman–Crippen MR) is 90.0 cm³/mol. The number of hydrogen-bond donors (Lipinski definition) is 1. The summed E-state index contributed by atoms with van der Waals surface area (Å²) in [5, 5.41) is 4.60. The van der Waals surface area contributed by atoms with Gasteiger partial charge in [0.25, 0.3) is 0 Å². The van der Waals surface area contributed by atoms with Gasteiger partial charge in [0.15, 0.2) is 0 Å². The maximum Gasteiger partial charge on any atom is 0.133 e. The lowest BCUT2D eigenvalue weighted by Gasteiger charge is -2.16. The summed E-state index contributed by atoms with van der Waals surface area (Å²) < 4.78 is 6.08.